The maximum atomic E-state index is 13.8. The number of fused-ring (bicyclic) bond motifs is 1. The molecule has 0 saturated heterocycles. The van der Waals surface area contributed by atoms with E-state index in [1.807, 2.05) is 0 Å². The number of carbonyl (C=O) groups excluding carboxylic acids is 1. The highest BCUT2D eigenvalue weighted by Gasteiger charge is 2.40. The fourth-order valence-corrected chi connectivity index (χ4v) is 3.25. The first kappa shape index (κ1) is 20.7. The predicted molar refractivity (Wildman–Crippen MR) is 98.3 cm³/mol. The van der Waals surface area contributed by atoms with Crippen molar-refractivity contribution in [3.05, 3.63) is 77.5 Å². The number of nitrogens with one attached hydrogen (secondary N) is 1. The van der Waals surface area contributed by atoms with E-state index in [0.717, 1.165) is 12.3 Å². The van der Waals surface area contributed by atoms with Gasteiger partial charge < -0.3 is 5.32 Å². The highest BCUT2D eigenvalue weighted by Crippen LogP contribution is 2.30. The molecule has 1 aromatic heterocycles. The van der Waals surface area contributed by atoms with E-state index in [-0.39, 0.29) is 22.9 Å². The molecule has 0 fully saturated rings. The lowest BCUT2D eigenvalue weighted by molar-refractivity contribution is -0.147. The van der Waals surface area contributed by atoms with Crippen LogP contribution in [0.15, 0.2) is 54.7 Å². The third kappa shape index (κ3) is 5.07. The average Bonchev–Trinajstić information content (AvgIpc) is 2.63. The summed E-state index contributed by atoms with van der Waals surface area (Å²) in [6.45, 7) is 1.31. The second-order valence-corrected chi connectivity index (χ2v) is 7.13. The summed E-state index contributed by atoms with van der Waals surface area (Å²) in [4.78, 5) is 16.4. The number of nitrogens with zero attached hydrogens (tertiary/aromatic N) is 1. The van der Waals surface area contributed by atoms with Crippen molar-refractivity contribution >= 4 is 16.8 Å². The minimum absolute atomic E-state index is 0.0417. The van der Waals surface area contributed by atoms with Crippen molar-refractivity contribution in [2.24, 2.45) is 0 Å². The Labute approximate surface area is 163 Å². The molecule has 3 rings (SSSR count). The van der Waals surface area contributed by atoms with E-state index in [0.29, 0.717) is 5.56 Å². The van der Waals surface area contributed by atoms with Crippen molar-refractivity contribution in [3.63, 3.8) is 0 Å². The largest absolute Gasteiger partial charge is 0.391 e. The highest BCUT2D eigenvalue weighted by atomic mass is 19.4. The average molecular weight is 408 g/mol. The molecule has 0 spiro atoms. The van der Waals surface area contributed by atoms with Crippen molar-refractivity contribution in [2.45, 2.75) is 31.5 Å². The Morgan fingerprint density at radius 3 is 2.41 bits per heavy atom. The molecule has 0 aliphatic carbocycles. The maximum absolute atomic E-state index is 13.8. The van der Waals surface area contributed by atoms with Crippen LogP contribution in [0.2, 0.25) is 0 Å². The van der Waals surface area contributed by atoms with Gasteiger partial charge in [-0.2, -0.15) is 13.2 Å². The van der Waals surface area contributed by atoms with E-state index in [1.165, 1.54) is 19.1 Å². The minimum atomic E-state index is -4.50. The number of alkyl halides is 3. The van der Waals surface area contributed by atoms with Crippen molar-refractivity contribution in [1.82, 2.24) is 10.3 Å². The first-order valence-corrected chi connectivity index (χ1v) is 8.73. The molecule has 29 heavy (non-hydrogen) atoms. The molecule has 152 valence electrons. The molecule has 0 bridgehead atoms. The lowest BCUT2D eigenvalue weighted by Gasteiger charge is -2.32. The fraction of sp³-hybridized carbons (Fsp3) is 0.238. The molecule has 3 aromatic rings. The summed E-state index contributed by atoms with van der Waals surface area (Å²) in [6, 6.07) is 11.9. The molecule has 8 heteroatoms. The van der Waals surface area contributed by atoms with E-state index in [4.69, 9.17) is 0 Å². The Balaban J connectivity index is 1.89. The number of pyridine rings is 1. The van der Waals surface area contributed by atoms with Crippen LogP contribution in [0.25, 0.3) is 10.9 Å². The lowest BCUT2D eigenvalue weighted by atomic mass is 9.88. The Bertz CT molecular complexity index is 1040. The normalized spacial score (nSPS) is 13.9. The molecule has 0 aliphatic heterocycles. The highest BCUT2D eigenvalue weighted by molar-refractivity contribution is 5.97. The second kappa shape index (κ2) is 7.77. The number of hydrogen-bond acceptors (Lipinski definition) is 2. The SMILES string of the molecule is C[C@](Cc1ccccc1)(CC(F)(F)F)NC(=O)c1cnc2c(F)c(F)ccc2c1. The van der Waals surface area contributed by atoms with Crippen molar-refractivity contribution in [1.29, 1.82) is 0 Å². The summed E-state index contributed by atoms with van der Waals surface area (Å²) in [6.07, 6.45) is -4.77. The summed E-state index contributed by atoms with van der Waals surface area (Å²) >= 11 is 0. The van der Waals surface area contributed by atoms with E-state index in [9.17, 15) is 26.7 Å². The van der Waals surface area contributed by atoms with E-state index in [2.05, 4.69) is 10.3 Å². The Hall–Kier alpha value is -3.03. The molecule has 1 heterocycles. The standard InChI is InChI=1S/C21H17F5N2O/c1-20(12-21(24,25)26,10-13-5-3-2-4-6-13)28-19(29)15-9-14-7-8-16(22)17(23)18(14)27-11-15/h2-9,11H,10,12H2,1H3,(H,28,29)/t20-/m0/s1. The third-order valence-corrected chi connectivity index (χ3v) is 4.45. The van der Waals surface area contributed by atoms with Gasteiger partial charge in [0.1, 0.15) is 5.52 Å². The molecule has 1 N–H and O–H groups in total. The molecule has 0 radical (unpaired) electrons. The van der Waals surface area contributed by atoms with Gasteiger partial charge >= 0.3 is 6.18 Å². The monoisotopic (exact) mass is 408 g/mol. The van der Waals surface area contributed by atoms with Crippen LogP contribution >= 0.6 is 0 Å². The van der Waals surface area contributed by atoms with Gasteiger partial charge in [0.2, 0.25) is 0 Å². The van der Waals surface area contributed by atoms with Gasteiger partial charge in [-0.05, 0) is 37.1 Å². The number of aromatic nitrogens is 1. The van der Waals surface area contributed by atoms with Crippen LogP contribution in [-0.4, -0.2) is 22.6 Å². The zero-order valence-electron chi connectivity index (χ0n) is 15.4. The number of halogens is 5. The van der Waals surface area contributed by atoms with Gasteiger partial charge in [0.05, 0.1) is 17.5 Å². The van der Waals surface area contributed by atoms with Crippen LogP contribution in [0.1, 0.15) is 29.3 Å². The Morgan fingerprint density at radius 1 is 1.07 bits per heavy atom. The zero-order chi connectivity index (χ0) is 21.2. The zero-order valence-corrected chi connectivity index (χ0v) is 15.4. The third-order valence-electron chi connectivity index (χ3n) is 4.45. The smallest absolute Gasteiger partial charge is 0.346 e. The van der Waals surface area contributed by atoms with Gasteiger partial charge in [0.25, 0.3) is 5.91 Å². The number of rotatable bonds is 5. The first-order valence-electron chi connectivity index (χ1n) is 8.73. The van der Waals surface area contributed by atoms with Gasteiger partial charge in [0, 0.05) is 11.6 Å². The van der Waals surface area contributed by atoms with Crippen LogP contribution in [0.5, 0.6) is 0 Å². The molecule has 0 saturated carbocycles. The van der Waals surface area contributed by atoms with Gasteiger partial charge in [-0.25, -0.2) is 8.78 Å². The van der Waals surface area contributed by atoms with E-state index in [1.54, 1.807) is 30.3 Å². The minimum Gasteiger partial charge on any atom is -0.346 e. The second-order valence-electron chi connectivity index (χ2n) is 7.13. The molecule has 2 aromatic carbocycles. The van der Waals surface area contributed by atoms with Gasteiger partial charge in [0.15, 0.2) is 11.6 Å². The molecule has 3 nitrogen and oxygen atoms in total. The van der Waals surface area contributed by atoms with Crippen LogP contribution < -0.4 is 5.32 Å². The van der Waals surface area contributed by atoms with E-state index < -0.39 is 35.7 Å². The number of hydrogen-bond donors (Lipinski definition) is 1. The summed E-state index contributed by atoms with van der Waals surface area (Å²) < 4.78 is 66.5. The van der Waals surface area contributed by atoms with Crippen molar-refractivity contribution in [3.8, 4) is 0 Å². The van der Waals surface area contributed by atoms with Crippen molar-refractivity contribution in [2.75, 3.05) is 0 Å². The van der Waals surface area contributed by atoms with Gasteiger partial charge in [-0.1, -0.05) is 30.3 Å². The van der Waals surface area contributed by atoms with Gasteiger partial charge in [-0.15, -0.1) is 0 Å². The molecule has 1 amide bonds. The fourth-order valence-electron chi connectivity index (χ4n) is 3.25. The Kier molecular flexibility index (Phi) is 5.55. The topological polar surface area (TPSA) is 42.0 Å². The van der Waals surface area contributed by atoms with Crippen LogP contribution in [0.3, 0.4) is 0 Å². The molecule has 0 aliphatic rings. The van der Waals surface area contributed by atoms with E-state index >= 15 is 0 Å². The van der Waals surface area contributed by atoms with Gasteiger partial charge in [-0.3, -0.25) is 9.78 Å². The number of benzene rings is 2. The van der Waals surface area contributed by atoms with Crippen molar-refractivity contribution < 1.29 is 26.7 Å². The summed E-state index contributed by atoms with van der Waals surface area (Å²) in [5.41, 5.74) is -1.29. The number of amides is 1. The maximum Gasteiger partial charge on any atom is 0.391 e. The first-order chi connectivity index (χ1) is 13.6. The summed E-state index contributed by atoms with van der Waals surface area (Å²) in [7, 11) is 0. The molecular formula is C21H17F5N2O. The predicted octanol–water partition coefficient (Wildman–Crippen LogP) is 5.20. The molecule has 0 unspecified atom stereocenters. The van der Waals surface area contributed by atoms with Crippen LogP contribution in [0, 0.1) is 11.6 Å². The van der Waals surface area contributed by atoms with Crippen LogP contribution in [0.4, 0.5) is 22.0 Å². The summed E-state index contributed by atoms with van der Waals surface area (Å²) in [5, 5.41) is 2.60. The Morgan fingerprint density at radius 2 is 1.76 bits per heavy atom. The summed E-state index contributed by atoms with van der Waals surface area (Å²) in [5.74, 6) is -3.02. The number of carbonyl (C=O) groups is 1. The quantitative estimate of drug-likeness (QED) is 0.590. The molecule has 1 atom stereocenters. The lowest BCUT2D eigenvalue weighted by Crippen LogP contribution is -2.50. The molecular weight excluding hydrogens is 391 g/mol. The van der Waals surface area contributed by atoms with Crippen LogP contribution in [-0.2, 0) is 6.42 Å².